The zero-order valence-corrected chi connectivity index (χ0v) is 17.8. The van der Waals surface area contributed by atoms with E-state index in [4.69, 9.17) is 5.73 Å². The number of hydrogen-bond acceptors (Lipinski definition) is 6. The highest BCUT2D eigenvalue weighted by Gasteiger charge is 2.29. The van der Waals surface area contributed by atoms with Crippen molar-refractivity contribution in [1.82, 2.24) is 25.9 Å². The zero-order chi connectivity index (χ0) is 22.8. The first kappa shape index (κ1) is 25.1. The van der Waals surface area contributed by atoms with Crippen molar-refractivity contribution in [2.24, 2.45) is 17.6 Å². The Kier molecular flexibility index (Phi) is 9.96. The van der Waals surface area contributed by atoms with Crippen LogP contribution in [0.1, 0.15) is 39.8 Å². The number of rotatable bonds is 12. The van der Waals surface area contributed by atoms with Gasteiger partial charge in [0.05, 0.1) is 18.9 Å². The van der Waals surface area contributed by atoms with Gasteiger partial charge in [-0.3, -0.25) is 14.4 Å². The number of aromatic amines is 1. The molecule has 3 amide bonds. The van der Waals surface area contributed by atoms with Crippen molar-refractivity contribution in [3.05, 3.63) is 18.2 Å². The van der Waals surface area contributed by atoms with Crippen LogP contribution in [0.4, 0.5) is 0 Å². The van der Waals surface area contributed by atoms with Crippen molar-refractivity contribution < 1.29 is 24.3 Å². The van der Waals surface area contributed by atoms with Crippen molar-refractivity contribution in [1.29, 1.82) is 0 Å². The molecule has 1 rings (SSSR count). The fourth-order valence-electron chi connectivity index (χ4n) is 2.74. The van der Waals surface area contributed by atoms with E-state index in [1.54, 1.807) is 20.0 Å². The Balaban J connectivity index is 2.62. The van der Waals surface area contributed by atoms with Crippen LogP contribution < -0.4 is 21.7 Å². The number of nitrogens with one attached hydrogen (secondary N) is 4. The standard InChI is InChI=1S/C19H32N6O5/c1-10(2)5-14(18(28)25-16(11(3)4)19(29)30)24-15(26)8-22-17(27)13(20)6-12-7-21-9-23-12/h7,9-11,13-14,16H,5-6,8,20H2,1-4H3,(H,21,23)(H,22,27)(H,24,26)(H,25,28)(H,29,30). The van der Waals surface area contributed by atoms with Crippen LogP contribution in [0.15, 0.2) is 12.5 Å². The fraction of sp³-hybridized carbons (Fsp3) is 0.632. The van der Waals surface area contributed by atoms with E-state index in [1.807, 2.05) is 13.8 Å². The van der Waals surface area contributed by atoms with Crippen LogP contribution in [0.5, 0.6) is 0 Å². The molecule has 30 heavy (non-hydrogen) atoms. The number of amides is 3. The predicted octanol–water partition coefficient (Wildman–Crippen LogP) is -0.848. The summed E-state index contributed by atoms with van der Waals surface area (Å²) in [6.07, 6.45) is 3.57. The lowest BCUT2D eigenvalue weighted by molar-refractivity contribution is -0.143. The molecule has 7 N–H and O–H groups in total. The molecule has 1 heterocycles. The maximum absolute atomic E-state index is 12.6. The number of carbonyl (C=O) groups is 4. The lowest BCUT2D eigenvalue weighted by Crippen LogP contribution is -2.55. The van der Waals surface area contributed by atoms with Gasteiger partial charge in [0.2, 0.25) is 17.7 Å². The van der Waals surface area contributed by atoms with Gasteiger partial charge in [-0.25, -0.2) is 9.78 Å². The van der Waals surface area contributed by atoms with Crippen LogP contribution in [-0.4, -0.2) is 63.4 Å². The number of H-pyrrole nitrogens is 1. The van der Waals surface area contributed by atoms with Crippen LogP contribution in [0.2, 0.25) is 0 Å². The van der Waals surface area contributed by atoms with Crippen LogP contribution >= 0.6 is 0 Å². The Morgan fingerprint density at radius 2 is 1.80 bits per heavy atom. The van der Waals surface area contributed by atoms with Gasteiger partial charge in [0, 0.05) is 18.3 Å². The molecule has 0 aliphatic carbocycles. The number of imidazole rings is 1. The summed E-state index contributed by atoms with van der Waals surface area (Å²) in [6, 6.07) is -2.85. The van der Waals surface area contributed by atoms with Gasteiger partial charge in [-0.1, -0.05) is 27.7 Å². The van der Waals surface area contributed by atoms with Gasteiger partial charge in [0.1, 0.15) is 12.1 Å². The van der Waals surface area contributed by atoms with E-state index in [0.717, 1.165) is 0 Å². The average molecular weight is 425 g/mol. The third-order valence-electron chi connectivity index (χ3n) is 4.34. The first-order valence-corrected chi connectivity index (χ1v) is 9.84. The second kappa shape index (κ2) is 11.9. The first-order chi connectivity index (χ1) is 14.0. The second-order valence-corrected chi connectivity index (χ2v) is 7.92. The average Bonchev–Trinajstić information content (AvgIpc) is 3.15. The van der Waals surface area contributed by atoms with E-state index in [0.29, 0.717) is 12.1 Å². The molecule has 0 aromatic carbocycles. The Morgan fingerprint density at radius 3 is 2.30 bits per heavy atom. The number of aliphatic carboxylic acids is 1. The fourth-order valence-corrected chi connectivity index (χ4v) is 2.74. The molecular formula is C19H32N6O5. The van der Waals surface area contributed by atoms with Crippen molar-refractivity contribution in [2.75, 3.05) is 6.54 Å². The van der Waals surface area contributed by atoms with Crippen molar-refractivity contribution in [3.8, 4) is 0 Å². The van der Waals surface area contributed by atoms with Gasteiger partial charge < -0.3 is 31.8 Å². The maximum Gasteiger partial charge on any atom is 0.326 e. The third-order valence-corrected chi connectivity index (χ3v) is 4.34. The van der Waals surface area contributed by atoms with Gasteiger partial charge in [0.15, 0.2) is 0 Å². The molecule has 11 heteroatoms. The third kappa shape index (κ3) is 8.60. The molecule has 3 atom stereocenters. The molecule has 168 valence electrons. The largest absolute Gasteiger partial charge is 0.480 e. The number of carbonyl (C=O) groups excluding carboxylic acids is 3. The minimum Gasteiger partial charge on any atom is -0.480 e. The van der Waals surface area contributed by atoms with E-state index in [2.05, 4.69) is 25.9 Å². The summed E-state index contributed by atoms with van der Waals surface area (Å²) in [5, 5.41) is 16.7. The molecule has 0 spiro atoms. The topological polar surface area (TPSA) is 179 Å². The highest BCUT2D eigenvalue weighted by molar-refractivity contribution is 5.92. The number of carboxylic acid groups (broad SMARTS) is 1. The van der Waals surface area contributed by atoms with E-state index < -0.39 is 41.8 Å². The highest BCUT2D eigenvalue weighted by Crippen LogP contribution is 2.08. The molecular weight excluding hydrogens is 392 g/mol. The van der Waals surface area contributed by atoms with Gasteiger partial charge in [-0.15, -0.1) is 0 Å². The van der Waals surface area contributed by atoms with Crippen LogP contribution in [0.3, 0.4) is 0 Å². The van der Waals surface area contributed by atoms with E-state index in [9.17, 15) is 24.3 Å². The molecule has 0 radical (unpaired) electrons. The molecule has 1 aromatic heterocycles. The van der Waals surface area contributed by atoms with Gasteiger partial charge in [-0.05, 0) is 18.3 Å². The summed E-state index contributed by atoms with van der Waals surface area (Å²) in [7, 11) is 0. The molecule has 0 aliphatic rings. The molecule has 0 fully saturated rings. The molecule has 0 bridgehead atoms. The predicted molar refractivity (Wildman–Crippen MR) is 109 cm³/mol. The van der Waals surface area contributed by atoms with Crippen molar-refractivity contribution in [2.45, 2.75) is 58.7 Å². The van der Waals surface area contributed by atoms with Gasteiger partial charge >= 0.3 is 5.97 Å². The smallest absolute Gasteiger partial charge is 0.326 e. The number of nitrogens with zero attached hydrogens (tertiary/aromatic N) is 1. The van der Waals surface area contributed by atoms with Crippen molar-refractivity contribution in [3.63, 3.8) is 0 Å². The monoisotopic (exact) mass is 424 g/mol. The summed E-state index contributed by atoms with van der Waals surface area (Å²) >= 11 is 0. The van der Waals surface area contributed by atoms with E-state index in [1.165, 1.54) is 6.33 Å². The first-order valence-electron chi connectivity index (χ1n) is 9.84. The summed E-state index contributed by atoms with van der Waals surface area (Å²) in [5.41, 5.74) is 6.50. The van der Waals surface area contributed by atoms with Crippen LogP contribution in [-0.2, 0) is 25.6 Å². The molecule has 0 saturated carbocycles. The number of aromatic nitrogens is 2. The van der Waals surface area contributed by atoms with E-state index in [-0.39, 0.29) is 24.8 Å². The molecule has 11 nitrogen and oxygen atoms in total. The number of nitrogens with two attached hydrogens (primary N) is 1. The second-order valence-electron chi connectivity index (χ2n) is 7.92. The van der Waals surface area contributed by atoms with Crippen molar-refractivity contribution >= 4 is 23.7 Å². The normalized spacial score (nSPS) is 14.1. The lowest BCUT2D eigenvalue weighted by atomic mass is 10.0. The Morgan fingerprint density at radius 1 is 1.13 bits per heavy atom. The molecule has 1 aromatic rings. The Labute approximate surface area is 175 Å². The highest BCUT2D eigenvalue weighted by atomic mass is 16.4. The Bertz CT molecular complexity index is 719. The summed E-state index contributed by atoms with van der Waals surface area (Å²) < 4.78 is 0. The minimum atomic E-state index is -1.15. The minimum absolute atomic E-state index is 0.0702. The molecule has 0 aliphatic heterocycles. The van der Waals surface area contributed by atoms with E-state index >= 15 is 0 Å². The van der Waals surface area contributed by atoms with Gasteiger partial charge in [-0.2, -0.15) is 0 Å². The van der Waals surface area contributed by atoms with Crippen LogP contribution in [0, 0.1) is 11.8 Å². The quantitative estimate of drug-likeness (QED) is 0.253. The number of carboxylic acids is 1. The Hall–Kier alpha value is -2.95. The zero-order valence-electron chi connectivity index (χ0n) is 17.8. The number of hydrogen-bond donors (Lipinski definition) is 6. The summed E-state index contributed by atoms with van der Waals surface area (Å²) in [4.78, 5) is 54.9. The summed E-state index contributed by atoms with van der Waals surface area (Å²) in [6.45, 7) is 6.75. The molecule has 0 saturated heterocycles. The van der Waals surface area contributed by atoms with Gasteiger partial charge in [0.25, 0.3) is 0 Å². The lowest BCUT2D eigenvalue weighted by Gasteiger charge is -2.24. The molecule has 3 unspecified atom stereocenters. The maximum atomic E-state index is 12.6. The summed E-state index contributed by atoms with van der Waals surface area (Å²) in [5.74, 6) is -3.07. The SMILES string of the molecule is CC(C)CC(NC(=O)CNC(=O)C(N)Cc1cnc[nH]1)C(=O)NC(C(=O)O)C(C)C. The van der Waals surface area contributed by atoms with Crippen LogP contribution in [0.25, 0.3) is 0 Å².